The van der Waals surface area contributed by atoms with Crippen molar-refractivity contribution < 1.29 is 22.5 Å². The highest BCUT2D eigenvalue weighted by molar-refractivity contribution is 5.84. The number of nitrogens with zero attached hydrogens (tertiary/aromatic N) is 4. The Balaban J connectivity index is 1.23. The molecular formula is C27H26F3N5O2. The summed E-state index contributed by atoms with van der Waals surface area (Å²) >= 11 is 0. The molecule has 10 heteroatoms. The van der Waals surface area contributed by atoms with E-state index in [2.05, 4.69) is 20.4 Å². The van der Waals surface area contributed by atoms with Gasteiger partial charge in [0.1, 0.15) is 5.82 Å². The molecule has 1 atom stereocenters. The lowest BCUT2D eigenvalue weighted by molar-refractivity contribution is -0.137. The minimum Gasteiger partial charge on any atom is -0.354 e. The van der Waals surface area contributed by atoms with Gasteiger partial charge in [0.25, 0.3) is 5.89 Å². The van der Waals surface area contributed by atoms with Gasteiger partial charge in [-0.15, -0.1) is 0 Å². The van der Waals surface area contributed by atoms with Crippen LogP contribution in [-0.4, -0.2) is 40.2 Å². The van der Waals surface area contributed by atoms with Crippen LogP contribution in [0.3, 0.4) is 0 Å². The van der Waals surface area contributed by atoms with E-state index in [1.807, 2.05) is 37.3 Å². The van der Waals surface area contributed by atoms with Gasteiger partial charge in [0.05, 0.1) is 11.1 Å². The number of amides is 1. The van der Waals surface area contributed by atoms with Crippen molar-refractivity contribution in [3.63, 3.8) is 0 Å². The molecule has 37 heavy (non-hydrogen) atoms. The number of halogens is 3. The number of aryl methyl sites for hydroxylation is 2. The van der Waals surface area contributed by atoms with Crippen LogP contribution in [0.5, 0.6) is 0 Å². The first-order valence-corrected chi connectivity index (χ1v) is 12.2. The van der Waals surface area contributed by atoms with E-state index in [-0.39, 0.29) is 11.9 Å². The maximum atomic E-state index is 12.7. The maximum absolute atomic E-state index is 12.7. The van der Waals surface area contributed by atoms with E-state index in [4.69, 9.17) is 9.51 Å². The number of aromatic nitrogens is 3. The summed E-state index contributed by atoms with van der Waals surface area (Å²) in [6, 6.07) is 14.9. The second-order valence-electron chi connectivity index (χ2n) is 9.14. The molecular weight excluding hydrogens is 483 g/mol. The largest absolute Gasteiger partial charge is 0.416 e. The van der Waals surface area contributed by atoms with Crippen LogP contribution in [0, 0.1) is 0 Å². The lowest BCUT2D eigenvalue weighted by Crippen LogP contribution is -2.36. The number of pyridine rings is 1. The first kappa shape index (κ1) is 24.7. The van der Waals surface area contributed by atoms with Crippen LogP contribution in [0.15, 0.2) is 59.1 Å². The van der Waals surface area contributed by atoms with Crippen molar-refractivity contribution in [2.75, 3.05) is 18.0 Å². The topological polar surface area (TPSA) is 84.2 Å². The Labute approximate surface area is 211 Å². The van der Waals surface area contributed by atoms with Crippen LogP contribution >= 0.6 is 0 Å². The Bertz CT molecular complexity index is 1400. The van der Waals surface area contributed by atoms with Gasteiger partial charge in [-0.05, 0) is 60.9 Å². The van der Waals surface area contributed by atoms with Crippen molar-refractivity contribution >= 4 is 22.6 Å². The molecule has 2 aromatic carbocycles. The van der Waals surface area contributed by atoms with Gasteiger partial charge < -0.3 is 14.7 Å². The molecule has 1 fully saturated rings. The van der Waals surface area contributed by atoms with Gasteiger partial charge in [-0.2, -0.15) is 18.2 Å². The average Bonchev–Trinajstić information content (AvgIpc) is 3.56. The monoisotopic (exact) mass is 509 g/mol. The summed E-state index contributed by atoms with van der Waals surface area (Å²) in [7, 11) is 0. The van der Waals surface area contributed by atoms with Crippen molar-refractivity contribution in [3.8, 4) is 11.5 Å². The van der Waals surface area contributed by atoms with Crippen molar-refractivity contribution in [1.29, 1.82) is 0 Å². The molecule has 0 aliphatic carbocycles. The Morgan fingerprint density at radius 1 is 1.08 bits per heavy atom. The maximum Gasteiger partial charge on any atom is 0.416 e. The summed E-state index contributed by atoms with van der Waals surface area (Å²) in [5.74, 6) is 1.80. The van der Waals surface area contributed by atoms with Gasteiger partial charge in [-0.1, -0.05) is 24.2 Å². The molecule has 2 aromatic heterocycles. The number of carbonyl (C=O) groups is 1. The van der Waals surface area contributed by atoms with E-state index in [0.717, 1.165) is 59.5 Å². The van der Waals surface area contributed by atoms with Crippen molar-refractivity contribution in [1.82, 2.24) is 20.4 Å². The van der Waals surface area contributed by atoms with Crippen molar-refractivity contribution in [3.05, 3.63) is 71.5 Å². The Hall–Kier alpha value is -3.95. The van der Waals surface area contributed by atoms with Gasteiger partial charge in [0, 0.05) is 42.9 Å². The summed E-state index contributed by atoms with van der Waals surface area (Å²) in [6.45, 7) is 3.42. The molecule has 4 aromatic rings. The smallest absolute Gasteiger partial charge is 0.354 e. The van der Waals surface area contributed by atoms with Gasteiger partial charge >= 0.3 is 6.18 Å². The predicted molar refractivity (Wildman–Crippen MR) is 133 cm³/mol. The van der Waals surface area contributed by atoms with Crippen LogP contribution in [-0.2, 0) is 23.8 Å². The summed E-state index contributed by atoms with van der Waals surface area (Å²) in [5.41, 5.74) is 1.70. The lowest BCUT2D eigenvalue weighted by atomic mass is 10.1. The number of carbonyl (C=O) groups excluding carboxylic acids is 1. The number of alkyl halides is 3. The predicted octanol–water partition coefficient (Wildman–Crippen LogP) is 5.19. The molecule has 7 nitrogen and oxygen atoms in total. The first-order valence-electron chi connectivity index (χ1n) is 12.2. The second kappa shape index (κ2) is 10.2. The summed E-state index contributed by atoms with van der Waals surface area (Å²) in [4.78, 5) is 23.1. The van der Waals surface area contributed by atoms with Gasteiger partial charge in [0.15, 0.2) is 5.82 Å². The van der Waals surface area contributed by atoms with Crippen LogP contribution in [0.2, 0.25) is 0 Å². The Morgan fingerprint density at radius 3 is 2.65 bits per heavy atom. The van der Waals surface area contributed by atoms with Crippen molar-refractivity contribution in [2.24, 2.45) is 0 Å². The van der Waals surface area contributed by atoms with Gasteiger partial charge in [-0.3, -0.25) is 4.79 Å². The van der Waals surface area contributed by atoms with Gasteiger partial charge in [0.2, 0.25) is 5.91 Å². The highest BCUT2D eigenvalue weighted by Gasteiger charge is 2.30. The minimum absolute atomic E-state index is 0.0645. The van der Waals surface area contributed by atoms with E-state index < -0.39 is 11.7 Å². The van der Waals surface area contributed by atoms with E-state index >= 15 is 0 Å². The normalized spacial score (nSPS) is 15.9. The first-order chi connectivity index (χ1) is 17.8. The number of hydrogen-bond donors (Lipinski definition) is 1. The highest BCUT2D eigenvalue weighted by atomic mass is 19.4. The third-order valence-electron chi connectivity index (χ3n) is 6.51. The van der Waals surface area contributed by atoms with Crippen molar-refractivity contribution in [2.45, 2.75) is 44.8 Å². The number of benzene rings is 2. The lowest BCUT2D eigenvalue weighted by Gasteiger charge is -2.18. The SMILES string of the molecule is CCC(=O)NC1CCN(c2ccc3cc(-c4nc(CCc5ccc(C(F)(F)F)cc5)no4)ccc3n2)C1. The van der Waals surface area contributed by atoms with Gasteiger partial charge in [-0.25, -0.2) is 4.98 Å². The van der Waals surface area contributed by atoms with Crippen LogP contribution < -0.4 is 10.2 Å². The quantitative estimate of drug-likeness (QED) is 0.369. The molecule has 1 saturated heterocycles. The van der Waals surface area contributed by atoms with E-state index in [1.165, 1.54) is 12.1 Å². The number of nitrogens with one attached hydrogen (secondary N) is 1. The fourth-order valence-corrected chi connectivity index (χ4v) is 4.43. The van der Waals surface area contributed by atoms with E-state index in [9.17, 15) is 18.0 Å². The van der Waals surface area contributed by atoms with E-state index in [0.29, 0.717) is 31.0 Å². The number of anilines is 1. The molecule has 0 spiro atoms. The molecule has 0 bridgehead atoms. The molecule has 3 heterocycles. The summed E-state index contributed by atoms with van der Waals surface area (Å²) in [6.07, 6.45) is -2.02. The molecule has 0 radical (unpaired) electrons. The fourth-order valence-electron chi connectivity index (χ4n) is 4.43. The molecule has 1 N–H and O–H groups in total. The average molecular weight is 510 g/mol. The van der Waals surface area contributed by atoms with Crippen LogP contribution in [0.25, 0.3) is 22.4 Å². The summed E-state index contributed by atoms with van der Waals surface area (Å²) in [5, 5.41) is 8.00. The molecule has 1 unspecified atom stereocenters. The van der Waals surface area contributed by atoms with E-state index in [1.54, 1.807) is 0 Å². The number of fused-ring (bicyclic) bond motifs is 1. The zero-order chi connectivity index (χ0) is 26.0. The molecule has 1 amide bonds. The molecule has 1 aliphatic heterocycles. The fraction of sp³-hybridized carbons (Fsp3) is 0.333. The van der Waals surface area contributed by atoms with Crippen LogP contribution in [0.1, 0.15) is 36.7 Å². The molecule has 192 valence electrons. The minimum atomic E-state index is -4.34. The highest BCUT2D eigenvalue weighted by Crippen LogP contribution is 2.29. The standard InChI is InChI=1S/C27H26F3N5O2/c1-2-25(36)31-21-13-14-35(16-21)24-12-7-18-15-19(6-10-22(18)32-24)26-33-23(34-37-26)11-5-17-3-8-20(9-4-17)27(28,29)30/h3-4,6-10,12,15,21H,2,5,11,13-14,16H2,1H3,(H,31,36). The van der Waals surface area contributed by atoms with Crippen LogP contribution in [0.4, 0.5) is 19.0 Å². The third-order valence-corrected chi connectivity index (χ3v) is 6.51. The summed E-state index contributed by atoms with van der Waals surface area (Å²) < 4.78 is 43.6. The number of hydrogen-bond acceptors (Lipinski definition) is 6. The number of rotatable bonds is 7. The zero-order valence-electron chi connectivity index (χ0n) is 20.3. The second-order valence-corrected chi connectivity index (χ2v) is 9.14. The third kappa shape index (κ3) is 5.73. The molecule has 1 aliphatic rings. The zero-order valence-corrected chi connectivity index (χ0v) is 20.3. The molecule has 0 saturated carbocycles. The Kier molecular flexibility index (Phi) is 6.82. The Morgan fingerprint density at radius 2 is 1.89 bits per heavy atom. The molecule has 5 rings (SSSR count).